The third kappa shape index (κ3) is 2.71. The predicted octanol–water partition coefficient (Wildman–Crippen LogP) is 4.73. The molecule has 0 amide bonds. The second kappa shape index (κ2) is 6.21. The average Bonchev–Trinajstić information content (AvgIpc) is 2.43. The summed E-state index contributed by atoms with van der Waals surface area (Å²) in [5, 5.41) is 9.48. The SMILES string of the molecule is C=CC[C@@H]1CCCC/C1=C(/C#N)c1ccccc1. The fourth-order valence-electron chi connectivity index (χ4n) is 2.80. The van der Waals surface area contributed by atoms with Crippen LogP contribution in [0.5, 0.6) is 0 Å². The summed E-state index contributed by atoms with van der Waals surface area (Å²) in [4.78, 5) is 0. The van der Waals surface area contributed by atoms with E-state index in [2.05, 4.69) is 12.6 Å². The number of nitriles is 1. The van der Waals surface area contributed by atoms with E-state index in [9.17, 15) is 5.26 Å². The highest BCUT2D eigenvalue weighted by Crippen LogP contribution is 2.36. The Morgan fingerprint density at radius 3 is 2.78 bits per heavy atom. The summed E-state index contributed by atoms with van der Waals surface area (Å²) in [6, 6.07) is 12.5. The smallest absolute Gasteiger partial charge is 0.0997 e. The normalized spacial score (nSPS) is 22.1. The molecule has 1 aliphatic rings. The third-order valence-corrected chi connectivity index (χ3v) is 3.69. The monoisotopic (exact) mass is 237 g/mol. The Hall–Kier alpha value is -1.81. The maximum absolute atomic E-state index is 9.48. The van der Waals surface area contributed by atoms with Crippen LogP contribution in [0.1, 0.15) is 37.7 Å². The molecule has 1 nitrogen and oxygen atoms in total. The topological polar surface area (TPSA) is 23.8 Å². The lowest BCUT2D eigenvalue weighted by Crippen LogP contribution is -2.11. The van der Waals surface area contributed by atoms with Gasteiger partial charge in [-0.3, -0.25) is 0 Å². The maximum atomic E-state index is 9.48. The van der Waals surface area contributed by atoms with Gasteiger partial charge in [-0.05, 0) is 42.7 Å². The molecule has 0 saturated heterocycles. The molecule has 1 saturated carbocycles. The summed E-state index contributed by atoms with van der Waals surface area (Å²) in [7, 11) is 0. The van der Waals surface area contributed by atoms with Crippen LogP contribution in [0.3, 0.4) is 0 Å². The number of allylic oxidation sites excluding steroid dienone is 3. The first-order valence-corrected chi connectivity index (χ1v) is 6.66. The lowest BCUT2D eigenvalue weighted by atomic mass is 9.78. The van der Waals surface area contributed by atoms with Gasteiger partial charge in [-0.25, -0.2) is 0 Å². The van der Waals surface area contributed by atoms with Gasteiger partial charge < -0.3 is 0 Å². The highest BCUT2D eigenvalue weighted by Gasteiger charge is 2.21. The quantitative estimate of drug-likeness (QED) is 0.550. The van der Waals surface area contributed by atoms with Gasteiger partial charge in [0.1, 0.15) is 0 Å². The molecular weight excluding hydrogens is 218 g/mol. The molecule has 18 heavy (non-hydrogen) atoms. The summed E-state index contributed by atoms with van der Waals surface area (Å²) in [5.41, 5.74) is 3.29. The highest BCUT2D eigenvalue weighted by atomic mass is 14.3. The van der Waals surface area contributed by atoms with E-state index in [1.54, 1.807) is 0 Å². The van der Waals surface area contributed by atoms with Crippen molar-refractivity contribution < 1.29 is 0 Å². The Morgan fingerprint density at radius 1 is 1.33 bits per heavy atom. The van der Waals surface area contributed by atoms with Crippen LogP contribution in [-0.2, 0) is 0 Å². The van der Waals surface area contributed by atoms with Gasteiger partial charge >= 0.3 is 0 Å². The second-order valence-electron chi connectivity index (χ2n) is 4.85. The molecule has 1 aromatic carbocycles. The minimum absolute atomic E-state index is 0.520. The zero-order valence-corrected chi connectivity index (χ0v) is 10.7. The van der Waals surface area contributed by atoms with Crippen LogP contribution in [0, 0.1) is 17.2 Å². The molecule has 1 atom stereocenters. The largest absolute Gasteiger partial charge is 0.192 e. The number of hydrogen-bond acceptors (Lipinski definition) is 1. The molecule has 0 radical (unpaired) electrons. The predicted molar refractivity (Wildman–Crippen MR) is 75.7 cm³/mol. The van der Waals surface area contributed by atoms with Crippen molar-refractivity contribution in [3.05, 3.63) is 54.1 Å². The van der Waals surface area contributed by atoms with Gasteiger partial charge in [0.2, 0.25) is 0 Å². The van der Waals surface area contributed by atoms with Crippen LogP contribution >= 0.6 is 0 Å². The van der Waals surface area contributed by atoms with E-state index in [0.717, 1.165) is 24.0 Å². The third-order valence-electron chi connectivity index (χ3n) is 3.69. The van der Waals surface area contributed by atoms with Gasteiger partial charge in [0.05, 0.1) is 11.6 Å². The average molecular weight is 237 g/mol. The molecule has 0 aromatic heterocycles. The van der Waals surface area contributed by atoms with Crippen LogP contribution in [0.15, 0.2) is 48.6 Å². The van der Waals surface area contributed by atoms with Crippen molar-refractivity contribution in [2.45, 2.75) is 32.1 Å². The van der Waals surface area contributed by atoms with Gasteiger partial charge in [-0.15, -0.1) is 6.58 Å². The molecule has 0 heterocycles. The summed E-state index contributed by atoms with van der Waals surface area (Å²) >= 11 is 0. The molecule has 2 rings (SSSR count). The van der Waals surface area contributed by atoms with Crippen molar-refractivity contribution in [1.82, 2.24) is 0 Å². The van der Waals surface area contributed by atoms with E-state index in [1.165, 1.54) is 24.8 Å². The van der Waals surface area contributed by atoms with Crippen molar-refractivity contribution in [3.8, 4) is 6.07 Å². The first kappa shape index (κ1) is 12.6. The maximum Gasteiger partial charge on any atom is 0.0997 e. The molecule has 92 valence electrons. The van der Waals surface area contributed by atoms with Crippen molar-refractivity contribution in [2.75, 3.05) is 0 Å². The van der Waals surface area contributed by atoms with E-state index in [1.807, 2.05) is 36.4 Å². The van der Waals surface area contributed by atoms with E-state index >= 15 is 0 Å². The Balaban J connectivity index is 2.41. The number of hydrogen-bond donors (Lipinski definition) is 0. The second-order valence-corrected chi connectivity index (χ2v) is 4.85. The number of nitrogens with zero attached hydrogens (tertiary/aromatic N) is 1. The molecule has 0 N–H and O–H groups in total. The fourth-order valence-corrected chi connectivity index (χ4v) is 2.80. The molecule has 0 spiro atoms. The molecule has 1 aromatic rings. The van der Waals surface area contributed by atoms with Gasteiger partial charge in [0.15, 0.2) is 0 Å². The molecule has 0 aliphatic heterocycles. The lowest BCUT2D eigenvalue weighted by molar-refractivity contribution is 0.459. The molecule has 0 bridgehead atoms. The van der Waals surface area contributed by atoms with Crippen LogP contribution < -0.4 is 0 Å². The summed E-state index contributed by atoms with van der Waals surface area (Å²) in [6.07, 6.45) is 7.72. The van der Waals surface area contributed by atoms with Crippen molar-refractivity contribution in [2.24, 2.45) is 5.92 Å². The first-order chi connectivity index (χ1) is 8.86. The summed E-state index contributed by atoms with van der Waals surface area (Å²) < 4.78 is 0. The number of rotatable bonds is 3. The standard InChI is InChI=1S/C17H19N/c1-2-8-14-11-6-7-12-16(14)17(13-18)15-9-4-3-5-10-15/h2-5,9-10,14H,1,6-8,11-12H2/b17-16+/t14-/m1/s1. The number of benzene rings is 1. The minimum Gasteiger partial charge on any atom is -0.192 e. The first-order valence-electron chi connectivity index (χ1n) is 6.66. The van der Waals surface area contributed by atoms with Crippen molar-refractivity contribution >= 4 is 5.57 Å². The van der Waals surface area contributed by atoms with Gasteiger partial charge in [-0.1, -0.05) is 42.8 Å². The molecule has 1 heteroatoms. The molecule has 1 aliphatic carbocycles. The highest BCUT2D eigenvalue weighted by molar-refractivity contribution is 5.79. The van der Waals surface area contributed by atoms with E-state index in [0.29, 0.717) is 5.92 Å². The zero-order chi connectivity index (χ0) is 12.8. The summed E-state index contributed by atoms with van der Waals surface area (Å²) in [6.45, 7) is 3.84. The summed E-state index contributed by atoms with van der Waals surface area (Å²) in [5.74, 6) is 0.520. The minimum atomic E-state index is 0.520. The van der Waals surface area contributed by atoms with Gasteiger partial charge in [0.25, 0.3) is 0 Å². The fraction of sp³-hybridized carbons (Fsp3) is 0.353. The van der Waals surface area contributed by atoms with Crippen LogP contribution in [0.25, 0.3) is 5.57 Å². The molecule has 1 fully saturated rings. The van der Waals surface area contributed by atoms with E-state index in [-0.39, 0.29) is 0 Å². The van der Waals surface area contributed by atoms with Crippen LogP contribution in [-0.4, -0.2) is 0 Å². The van der Waals surface area contributed by atoms with Crippen molar-refractivity contribution in [1.29, 1.82) is 5.26 Å². The van der Waals surface area contributed by atoms with Crippen LogP contribution in [0.2, 0.25) is 0 Å². The van der Waals surface area contributed by atoms with Crippen molar-refractivity contribution in [3.63, 3.8) is 0 Å². The Morgan fingerprint density at radius 2 is 2.11 bits per heavy atom. The van der Waals surface area contributed by atoms with E-state index < -0.39 is 0 Å². The zero-order valence-electron chi connectivity index (χ0n) is 10.7. The van der Waals surface area contributed by atoms with Gasteiger partial charge in [0, 0.05) is 0 Å². The van der Waals surface area contributed by atoms with E-state index in [4.69, 9.17) is 0 Å². The molecular formula is C17H19N. The Bertz CT molecular complexity index is 476. The molecule has 0 unspecified atom stereocenters. The Labute approximate surface area is 109 Å². The van der Waals surface area contributed by atoms with Gasteiger partial charge in [-0.2, -0.15) is 5.26 Å². The van der Waals surface area contributed by atoms with Crippen LogP contribution in [0.4, 0.5) is 0 Å². The lowest BCUT2D eigenvalue weighted by Gasteiger charge is -2.25. The Kier molecular flexibility index (Phi) is 4.36.